The predicted octanol–water partition coefficient (Wildman–Crippen LogP) is 3.36. The molecule has 27 heavy (non-hydrogen) atoms. The molecule has 1 aliphatic rings. The van der Waals surface area contributed by atoms with Gasteiger partial charge in [-0.3, -0.25) is 9.78 Å². The molecule has 4 N–H and O–H groups in total. The summed E-state index contributed by atoms with van der Waals surface area (Å²) in [7, 11) is 0. The highest BCUT2D eigenvalue weighted by atomic mass is 19.1. The average Bonchev–Trinajstić information content (AvgIpc) is 2.65. The first kappa shape index (κ1) is 18.6. The van der Waals surface area contributed by atoms with E-state index in [0.717, 1.165) is 5.56 Å². The number of carbonyl (C=O) groups excluding carboxylic acids is 1. The van der Waals surface area contributed by atoms with Crippen LogP contribution in [-0.2, 0) is 0 Å². The average molecular weight is 367 g/mol. The van der Waals surface area contributed by atoms with E-state index in [0.29, 0.717) is 35.9 Å². The minimum absolute atomic E-state index is 0.260. The summed E-state index contributed by atoms with van der Waals surface area (Å²) in [6.45, 7) is 4.00. The number of nitrogen functional groups attached to an aromatic ring is 1. The van der Waals surface area contributed by atoms with E-state index in [2.05, 4.69) is 20.6 Å². The Morgan fingerprint density at radius 2 is 2.11 bits per heavy atom. The molecule has 3 rings (SSSR count). The molecule has 2 heterocycles. The zero-order chi connectivity index (χ0) is 19.4. The first-order chi connectivity index (χ1) is 12.9. The van der Waals surface area contributed by atoms with Crippen molar-refractivity contribution in [2.24, 2.45) is 5.41 Å². The van der Waals surface area contributed by atoms with Gasteiger partial charge in [0.05, 0.1) is 5.69 Å². The van der Waals surface area contributed by atoms with Crippen molar-refractivity contribution in [3.05, 3.63) is 71.6 Å². The number of nitrogens with two attached hydrogens (primary N) is 1. The third-order valence-corrected chi connectivity index (χ3v) is 4.51. The minimum Gasteiger partial charge on any atom is -0.382 e. The molecule has 1 aliphatic carbocycles. The number of nitrogens with zero attached hydrogens (tertiary/aromatic N) is 2. The fourth-order valence-electron chi connectivity index (χ4n) is 2.84. The number of anilines is 2. The van der Waals surface area contributed by atoms with Crippen molar-refractivity contribution in [1.29, 1.82) is 0 Å². The molecule has 6 nitrogen and oxygen atoms in total. The van der Waals surface area contributed by atoms with Crippen LogP contribution in [0.1, 0.15) is 29.4 Å². The standard InChI is InChI=1S/C20H22FN5O/c1-13-5-7-16(24-11-13)19(27)26-14-6-8-17(21)20(2,10-14)12-25-15-4-3-9-23-18(15)22/h3-9,11,25H,10,12H2,1-2H3,(H2,22,23)(H,26,27). The van der Waals surface area contributed by atoms with Crippen LogP contribution in [0.2, 0.25) is 0 Å². The number of aromatic nitrogens is 2. The number of nitrogens with one attached hydrogen (secondary N) is 2. The van der Waals surface area contributed by atoms with Gasteiger partial charge in [0, 0.05) is 36.5 Å². The Bertz CT molecular complexity index is 907. The maximum Gasteiger partial charge on any atom is 0.273 e. The Hall–Kier alpha value is -3.22. The predicted molar refractivity (Wildman–Crippen MR) is 104 cm³/mol. The zero-order valence-electron chi connectivity index (χ0n) is 15.3. The number of pyridine rings is 2. The summed E-state index contributed by atoms with van der Waals surface area (Å²) in [6, 6.07) is 7.03. The SMILES string of the molecule is Cc1ccc(C(=O)NC2=CC=C(F)C(C)(CNc3cccnc3N)C2)nc1. The van der Waals surface area contributed by atoms with Crippen LogP contribution in [0.4, 0.5) is 15.9 Å². The van der Waals surface area contributed by atoms with Crippen LogP contribution in [0, 0.1) is 12.3 Å². The number of halogens is 1. The van der Waals surface area contributed by atoms with Crippen molar-refractivity contribution >= 4 is 17.4 Å². The van der Waals surface area contributed by atoms with Gasteiger partial charge >= 0.3 is 0 Å². The summed E-state index contributed by atoms with van der Waals surface area (Å²) in [5.74, 6) is -0.219. The van der Waals surface area contributed by atoms with E-state index >= 15 is 0 Å². The van der Waals surface area contributed by atoms with Crippen LogP contribution in [0.3, 0.4) is 0 Å². The number of aryl methyl sites for hydroxylation is 1. The Morgan fingerprint density at radius 3 is 2.81 bits per heavy atom. The fraction of sp³-hybridized carbons (Fsp3) is 0.250. The zero-order valence-corrected chi connectivity index (χ0v) is 15.3. The molecule has 0 bridgehead atoms. The number of allylic oxidation sites excluding steroid dienone is 3. The summed E-state index contributed by atoms with van der Waals surface area (Å²) < 4.78 is 14.5. The van der Waals surface area contributed by atoms with Crippen molar-refractivity contribution in [2.75, 3.05) is 17.6 Å². The van der Waals surface area contributed by atoms with Gasteiger partial charge in [0.15, 0.2) is 0 Å². The summed E-state index contributed by atoms with van der Waals surface area (Å²) in [4.78, 5) is 20.5. The number of hydrogen-bond acceptors (Lipinski definition) is 5. The van der Waals surface area contributed by atoms with E-state index in [1.54, 1.807) is 43.6 Å². The normalized spacial score (nSPS) is 19.1. The molecule has 7 heteroatoms. The number of rotatable bonds is 5. The van der Waals surface area contributed by atoms with Crippen LogP contribution in [0.15, 0.2) is 60.3 Å². The van der Waals surface area contributed by atoms with E-state index < -0.39 is 5.41 Å². The van der Waals surface area contributed by atoms with Gasteiger partial charge in [0.1, 0.15) is 17.3 Å². The number of carbonyl (C=O) groups is 1. The van der Waals surface area contributed by atoms with Crippen LogP contribution in [0.5, 0.6) is 0 Å². The molecule has 0 aliphatic heterocycles. The molecule has 2 aromatic heterocycles. The Balaban J connectivity index is 1.68. The van der Waals surface area contributed by atoms with E-state index in [1.165, 1.54) is 6.08 Å². The van der Waals surface area contributed by atoms with Crippen LogP contribution in [-0.4, -0.2) is 22.4 Å². The maximum absolute atomic E-state index is 14.5. The van der Waals surface area contributed by atoms with Crippen molar-refractivity contribution in [3.8, 4) is 0 Å². The van der Waals surface area contributed by atoms with Crippen molar-refractivity contribution in [2.45, 2.75) is 20.3 Å². The molecule has 140 valence electrons. The largest absolute Gasteiger partial charge is 0.382 e. The van der Waals surface area contributed by atoms with Crippen LogP contribution >= 0.6 is 0 Å². The fourth-order valence-corrected chi connectivity index (χ4v) is 2.84. The van der Waals surface area contributed by atoms with Gasteiger partial charge in [-0.1, -0.05) is 13.0 Å². The van der Waals surface area contributed by atoms with Gasteiger partial charge in [0.25, 0.3) is 5.91 Å². The number of hydrogen-bond donors (Lipinski definition) is 3. The van der Waals surface area contributed by atoms with Crippen molar-refractivity contribution in [1.82, 2.24) is 15.3 Å². The molecule has 0 saturated carbocycles. The lowest BCUT2D eigenvalue weighted by atomic mass is 9.80. The third-order valence-electron chi connectivity index (χ3n) is 4.51. The topological polar surface area (TPSA) is 92.9 Å². The highest BCUT2D eigenvalue weighted by Gasteiger charge is 2.33. The maximum atomic E-state index is 14.5. The molecule has 0 spiro atoms. The third kappa shape index (κ3) is 4.31. The van der Waals surface area contributed by atoms with E-state index in [1.807, 2.05) is 13.0 Å². The van der Waals surface area contributed by atoms with Gasteiger partial charge in [-0.15, -0.1) is 0 Å². The first-order valence-electron chi connectivity index (χ1n) is 8.62. The van der Waals surface area contributed by atoms with Crippen molar-refractivity contribution < 1.29 is 9.18 Å². The molecule has 1 amide bonds. The second kappa shape index (κ2) is 7.57. The monoisotopic (exact) mass is 367 g/mol. The van der Waals surface area contributed by atoms with Gasteiger partial charge in [0.2, 0.25) is 0 Å². The van der Waals surface area contributed by atoms with Gasteiger partial charge in [-0.25, -0.2) is 9.37 Å². The molecule has 0 aromatic carbocycles. The Kier molecular flexibility index (Phi) is 5.21. The second-order valence-electron chi connectivity index (χ2n) is 6.91. The lowest BCUT2D eigenvalue weighted by Crippen LogP contribution is -2.34. The minimum atomic E-state index is -0.819. The lowest BCUT2D eigenvalue weighted by molar-refractivity contribution is 0.0957. The summed E-state index contributed by atoms with van der Waals surface area (Å²) in [5.41, 5.74) is 7.58. The van der Waals surface area contributed by atoms with E-state index in [9.17, 15) is 9.18 Å². The summed E-state index contributed by atoms with van der Waals surface area (Å²) in [6.07, 6.45) is 6.53. The number of amides is 1. The molecular formula is C20H22FN5O. The van der Waals surface area contributed by atoms with Gasteiger partial charge in [-0.05, 0) is 42.8 Å². The smallest absolute Gasteiger partial charge is 0.273 e. The lowest BCUT2D eigenvalue weighted by Gasteiger charge is -2.32. The molecule has 0 saturated heterocycles. The molecule has 2 aromatic rings. The molecule has 0 radical (unpaired) electrons. The molecule has 1 unspecified atom stereocenters. The van der Waals surface area contributed by atoms with Gasteiger partial charge in [-0.2, -0.15) is 0 Å². The quantitative estimate of drug-likeness (QED) is 0.753. The first-order valence-corrected chi connectivity index (χ1v) is 8.62. The highest BCUT2D eigenvalue weighted by Crippen LogP contribution is 2.38. The molecule has 0 fully saturated rings. The van der Waals surface area contributed by atoms with Crippen LogP contribution in [0.25, 0.3) is 0 Å². The van der Waals surface area contributed by atoms with Gasteiger partial charge < -0.3 is 16.4 Å². The van der Waals surface area contributed by atoms with Crippen LogP contribution < -0.4 is 16.4 Å². The second-order valence-corrected chi connectivity index (χ2v) is 6.91. The van der Waals surface area contributed by atoms with Crippen molar-refractivity contribution in [3.63, 3.8) is 0 Å². The highest BCUT2D eigenvalue weighted by molar-refractivity contribution is 5.93. The Labute approximate surface area is 157 Å². The molecular weight excluding hydrogens is 345 g/mol. The molecule has 1 atom stereocenters. The summed E-state index contributed by atoms with van der Waals surface area (Å²) >= 11 is 0. The van der Waals surface area contributed by atoms with E-state index in [4.69, 9.17) is 5.73 Å². The van der Waals surface area contributed by atoms with E-state index in [-0.39, 0.29) is 11.7 Å². The Morgan fingerprint density at radius 1 is 1.30 bits per heavy atom. The summed E-state index contributed by atoms with van der Waals surface area (Å²) in [5, 5.41) is 5.97.